The first kappa shape index (κ1) is 15.4. The van der Waals surface area contributed by atoms with Crippen LogP contribution in [0.2, 0.25) is 0 Å². The summed E-state index contributed by atoms with van der Waals surface area (Å²) in [6.45, 7) is 0. The predicted octanol–water partition coefficient (Wildman–Crippen LogP) is 1.41. The number of aliphatic hydroxyl groups is 2. The van der Waals surface area contributed by atoms with E-state index >= 15 is 0 Å². The number of carbonyl (C=O) groups excluding carboxylic acids is 1. The summed E-state index contributed by atoms with van der Waals surface area (Å²) in [6.07, 6.45) is -8.76. The molecule has 2 atom stereocenters. The lowest BCUT2D eigenvalue weighted by Gasteiger charge is -2.17. The Bertz CT molecular complexity index is 472. The SMILES string of the molecule is COC(=O)C(O)C(O)c1ccc(C(F)(F)F)c(F)c1. The van der Waals surface area contributed by atoms with Gasteiger partial charge in [0, 0.05) is 0 Å². The third-order valence-corrected chi connectivity index (χ3v) is 2.38. The van der Waals surface area contributed by atoms with Gasteiger partial charge in [-0.1, -0.05) is 6.07 Å². The molecule has 4 nitrogen and oxygen atoms in total. The minimum Gasteiger partial charge on any atom is -0.467 e. The number of halogens is 4. The van der Waals surface area contributed by atoms with E-state index in [1.54, 1.807) is 0 Å². The number of benzene rings is 1. The monoisotopic (exact) mass is 282 g/mol. The zero-order chi connectivity index (χ0) is 14.8. The summed E-state index contributed by atoms with van der Waals surface area (Å²) in [4.78, 5) is 10.9. The highest BCUT2D eigenvalue weighted by Crippen LogP contribution is 2.32. The molecule has 0 radical (unpaired) electrons. The van der Waals surface area contributed by atoms with Gasteiger partial charge in [0.15, 0.2) is 6.10 Å². The Labute approximate surface area is 105 Å². The van der Waals surface area contributed by atoms with Crippen LogP contribution in [0.15, 0.2) is 18.2 Å². The number of hydrogen-bond donors (Lipinski definition) is 2. The van der Waals surface area contributed by atoms with E-state index in [4.69, 9.17) is 0 Å². The molecule has 1 aromatic carbocycles. The molecule has 0 aliphatic heterocycles. The number of alkyl halides is 3. The van der Waals surface area contributed by atoms with Crippen LogP contribution in [0.3, 0.4) is 0 Å². The summed E-state index contributed by atoms with van der Waals surface area (Å²) >= 11 is 0. The molecule has 0 aliphatic rings. The molecule has 0 aliphatic carbocycles. The van der Waals surface area contributed by atoms with Crippen molar-refractivity contribution < 1.29 is 37.3 Å². The van der Waals surface area contributed by atoms with E-state index in [9.17, 15) is 32.6 Å². The molecule has 1 aromatic rings. The maximum absolute atomic E-state index is 13.2. The smallest absolute Gasteiger partial charge is 0.419 e. The lowest BCUT2D eigenvalue weighted by atomic mass is 10.0. The van der Waals surface area contributed by atoms with Gasteiger partial charge in [0.05, 0.1) is 12.7 Å². The fourth-order valence-corrected chi connectivity index (χ4v) is 1.38. The number of esters is 1. The Morgan fingerprint density at radius 2 is 1.89 bits per heavy atom. The summed E-state index contributed by atoms with van der Waals surface area (Å²) in [7, 11) is 0.950. The van der Waals surface area contributed by atoms with Gasteiger partial charge in [0.25, 0.3) is 0 Å². The van der Waals surface area contributed by atoms with Crippen molar-refractivity contribution in [2.24, 2.45) is 0 Å². The highest BCUT2D eigenvalue weighted by molar-refractivity contribution is 5.75. The molecule has 106 valence electrons. The van der Waals surface area contributed by atoms with Crippen LogP contribution in [0.4, 0.5) is 17.6 Å². The van der Waals surface area contributed by atoms with Crippen LogP contribution in [0.25, 0.3) is 0 Å². The number of aliphatic hydroxyl groups excluding tert-OH is 2. The highest BCUT2D eigenvalue weighted by atomic mass is 19.4. The van der Waals surface area contributed by atoms with E-state index in [1.165, 1.54) is 0 Å². The van der Waals surface area contributed by atoms with E-state index in [2.05, 4.69) is 4.74 Å². The standard InChI is InChI=1S/C11H10F4O4/c1-19-10(18)9(17)8(16)5-2-3-6(7(12)4-5)11(13,14)15/h2-4,8-9,16-17H,1H3. The molecule has 0 amide bonds. The second-order valence-corrected chi connectivity index (χ2v) is 3.65. The zero-order valence-electron chi connectivity index (χ0n) is 9.61. The van der Waals surface area contributed by atoms with Crippen molar-refractivity contribution in [1.82, 2.24) is 0 Å². The third kappa shape index (κ3) is 3.42. The molecule has 0 heterocycles. The topological polar surface area (TPSA) is 66.8 Å². The first-order valence-corrected chi connectivity index (χ1v) is 4.99. The van der Waals surface area contributed by atoms with Gasteiger partial charge in [-0.2, -0.15) is 13.2 Å². The molecule has 0 aromatic heterocycles. The van der Waals surface area contributed by atoms with Crippen molar-refractivity contribution in [3.8, 4) is 0 Å². The minimum absolute atomic E-state index is 0.372. The predicted molar refractivity (Wildman–Crippen MR) is 54.4 cm³/mol. The summed E-state index contributed by atoms with van der Waals surface area (Å²) in [5, 5.41) is 18.8. The molecule has 19 heavy (non-hydrogen) atoms. The normalized spacial score (nSPS) is 14.9. The first-order chi connectivity index (χ1) is 8.68. The maximum Gasteiger partial charge on any atom is 0.419 e. The van der Waals surface area contributed by atoms with Gasteiger partial charge < -0.3 is 14.9 Å². The Hall–Kier alpha value is -1.67. The third-order valence-electron chi connectivity index (χ3n) is 2.38. The molecule has 1 rings (SSSR count). The summed E-state index contributed by atoms with van der Waals surface area (Å²) in [6, 6.07) is 1.58. The molecule has 2 N–H and O–H groups in total. The average Bonchev–Trinajstić information content (AvgIpc) is 2.34. The van der Waals surface area contributed by atoms with Crippen LogP contribution < -0.4 is 0 Å². The van der Waals surface area contributed by atoms with Gasteiger partial charge in [-0.05, 0) is 17.7 Å². The minimum atomic E-state index is -4.87. The van der Waals surface area contributed by atoms with Crippen LogP contribution >= 0.6 is 0 Å². The van der Waals surface area contributed by atoms with Gasteiger partial charge in [0.2, 0.25) is 0 Å². The second kappa shape index (κ2) is 5.54. The summed E-state index contributed by atoms with van der Waals surface area (Å²) in [5.74, 6) is -2.80. The molecular weight excluding hydrogens is 272 g/mol. The van der Waals surface area contributed by atoms with Crippen molar-refractivity contribution in [2.75, 3.05) is 7.11 Å². The first-order valence-electron chi connectivity index (χ1n) is 4.99. The van der Waals surface area contributed by atoms with E-state index < -0.39 is 35.7 Å². The number of ether oxygens (including phenoxy) is 1. The highest BCUT2D eigenvalue weighted by Gasteiger charge is 2.35. The molecule has 0 fully saturated rings. The number of methoxy groups -OCH3 is 1. The van der Waals surface area contributed by atoms with Gasteiger partial charge in [-0.25, -0.2) is 9.18 Å². The maximum atomic E-state index is 13.2. The van der Waals surface area contributed by atoms with E-state index in [-0.39, 0.29) is 5.56 Å². The lowest BCUT2D eigenvalue weighted by Crippen LogP contribution is -2.29. The number of rotatable bonds is 3. The fraction of sp³-hybridized carbons (Fsp3) is 0.364. The number of hydrogen-bond acceptors (Lipinski definition) is 4. The van der Waals surface area contributed by atoms with Gasteiger partial charge in [-0.15, -0.1) is 0 Å². The van der Waals surface area contributed by atoms with E-state index in [0.29, 0.717) is 12.1 Å². The van der Waals surface area contributed by atoms with Crippen molar-refractivity contribution in [1.29, 1.82) is 0 Å². The van der Waals surface area contributed by atoms with Crippen LogP contribution in [0, 0.1) is 5.82 Å². The van der Waals surface area contributed by atoms with Crippen LogP contribution in [0.1, 0.15) is 17.2 Å². The summed E-state index contributed by atoms with van der Waals surface area (Å²) in [5.41, 5.74) is -1.88. The average molecular weight is 282 g/mol. The van der Waals surface area contributed by atoms with E-state index in [0.717, 1.165) is 13.2 Å². The molecule has 0 saturated heterocycles. The summed E-state index contributed by atoms with van der Waals surface area (Å²) < 4.78 is 54.3. The molecule has 2 unspecified atom stereocenters. The molecular formula is C11H10F4O4. The Morgan fingerprint density at radius 3 is 2.32 bits per heavy atom. The quantitative estimate of drug-likeness (QED) is 0.650. The van der Waals surface area contributed by atoms with Gasteiger partial charge in [0.1, 0.15) is 11.9 Å². The van der Waals surface area contributed by atoms with Crippen molar-refractivity contribution in [2.45, 2.75) is 18.4 Å². The molecule has 0 saturated carbocycles. The van der Waals surface area contributed by atoms with Crippen LogP contribution in [0.5, 0.6) is 0 Å². The number of carbonyl (C=O) groups is 1. The second-order valence-electron chi connectivity index (χ2n) is 3.65. The van der Waals surface area contributed by atoms with Crippen molar-refractivity contribution >= 4 is 5.97 Å². The van der Waals surface area contributed by atoms with Gasteiger partial charge >= 0.3 is 12.1 Å². The molecule has 8 heteroatoms. The largest absolute Gasteiger partial charge is 0.467 e. The Kier molecular flexibility index (Phi) is 4.48. The Balaban J connectivity index is 3.04. The Morgan fingerprint density at radius 1 is 1.32 bits per heavy atom. The van der Waals surface area contributed by atoms with Gasteiger partial charge in [-0.3, -0.25) is 0 Å². The van der Waals surface area contributed by atoms with E-state index in [1.807, 2.05) is 0 Å². The molecule has 0 bridgehead atoms. The van der Waals surface area contributed by atoms with Crippen molar-refractivity contribution in [3.05, 3.63) is 35.1 Å². The fourth-order valence-electron chi connectivity index (χ4n) is 1.38. The lowest BCUT2D eigenvalue weighted by molar-refractivity contribution is -0.157. The van der Waals surface area contributed by atoms with Crippen LogP contribution in [-0.4, -0.2) is 29.4 Å². The zero-order valence-corrected chi connectivity index (χ0v) is 9.61. The van der Waals surface area contributed by atoms with Crippen LogP contribution in [-0.2, 0) is 15.7 Å². The van der Waals surface area contributed by atoms with Crippen molar-refractivity contribution in [3.63, 3.8) is 0 Å². The molecule has 0 spiro atoms.